The lowest BCUT2D eigenvalue weighted by atomic mass is 9.93. The highest BCUT2D eigenvalue weighted by Crippen LogP contribution is 2.28. The standard InChI is InChI=1S/C23H20ClN3O2/c1-15-21(19-4-2-3-5-20(19)24)27-29-22(15)23(28)26-18-8-6-16(7-9-18)14-17-10-12-25-13-11-17/h2-13,15,22H,14H2,1H3,(H,26,28)/t15-,22-/m1/s1. The van der Waals surface area contributed by atoms with E-state index in [1.54, 1.807) is 18.5 Å². The summed E-state index contributed by atoms with van der Waals surface area (Å²) < 4.78 is 0. The molecule has 3 aromatic rings. The molecule has 5 nitrogen and oxygen atoms in total. The lowest BCUT2D eigenvalue weighted by Crippen LogP contribution is -2.34. The van der Waals surface area contributed by atoms with Gasteiger partial charge in [0.25, 0.3) is 5.91 Å². The van der Waals surface area contributed by atoms with Crippen molar-refractivity contribution >= 4 is 28.9 Å². The molecule has 2 atom stereocenters. The van der Waals surface area contributed by atoms with Crippen LogP contribution < -0.4 is 5.32 Å². The summed E-state index contributed by atoms with van der Waals surface area (Å²) in [5.41, 5.74) is 4.54. The molecule has 0 spiro atoms. The molecule has 29 heavy (non-hydrogen) atoms. The summed E-state index contributed by atoms with van der Waals surface area (Å²) in [6, 6.07) is 19.2. The van der Waals surface area contributed by atoms with Crippen LogP contribution in [-0.2, 0) is 16.1 Å². The van der Waals surface area contributed by atoms with Gasteiger partial charge in [-0.15, -0.1) is 0 Å². The van der Waals surface area contributed by atoms with Crippen molar-refractivity contribution in [1.29, 1.82) is 0 Å². The minimum atomic E-state index is -0.697. The van der Waals surface area contributed by atoms with Gasteiger partial charge in [0.15, 0.2) is 0 Å². The van der Waals surface area contributed by atoms with Gasteiger partial charge in [0.2, 0.25) is 6.10 Å². The molecule has 0 bridgehead atoms. The zero-order valence-corrected chi connectivity index (χ0v) is 16.6. The van der Waals surface area contributed by atoms with E-state index >= 15 is 0 Å². The molecule has 6 heteroatoms. The number of nitrogens with zero attached hydrogens (tertiary/aromatic N) is 2. The summed E-state index contributed by atoms with van der Waals surface area (Å²) in [5, 5.41) is 7.62. The first-order chi connectivity index (χ1) is 14.1. The van der Waals surface area contributed by atoms with E-state index in [4.69, 9.17) is 16.4 Å². The maximum absolute atomic E-state index is 12.7. The van der Waals surface area contributed by atoms with Gasteiger partial charge in [-0.25, -0.2) is 0 Å². The van der Waals surface area contributed by atoms with Crippen molar-refractivity contribution in [2.45, 2.75) is 19.4 Å². The van der Waals surface area contributed by atoms with Gasteiger partial charge in [0.1, 0.15) is 0 Å². The summed E-state index contributed by atoms with van der Waals surface area (Å²) in [4.78, 5) is 22.2. The van der Waals surface area contributed by atoms with Crippen molar-refractivity contribution < 1.29 is 9.63 Å². The van der Waals surface area contributed by atoms with Crippen LogP contribution in [0.25, 0.3) is 0 Å². The molecule has 0 saturated heterocycles. The van der Waals surface area contributed by atoms with E-state index in [0.29, 0.717) is 10.7 Å². The van der Waals surface area contributed by atoms with Gasteiger partial charge in [0, 0.05) is 28.7 Å². The number of rotatable bonds is 5. The van der Waals surface area contributed by atoms with E-state index in [0.717, 1.165) is 23.2 Å². The predicted octanol–water partition coefficient (Wildman–Crippen LogP) is 4.70. The Labute approximate surface area is 174 Å². The number of pyridine rings is 1. The Bertz CT molecular complexity index is 1040. The van der Waals surface area contributed by atoms with Gasteiger partial charge in [0.05, 0.1) is 11.6 Å². The average Bonchev–Trinajstić information content (AvgIpc) is 3.12. The lowest BCUT2D eigenvalue weighted by Gasteiger charge is -2.15. The molecule has 2 aromatic carbocycles. The molecule has 0 fully saturated rings. The third-order valence-electron chi connectivity index (χ3n) is 4.94. The molecule has 4 rings (SSSR count). The van der Waals surface area contributed by atoms with Crippen LogP contribution in [0.1, 0.15) is 23.6 Å². The second kappa shape index (κ2) is 8.45. The fourth-order valence-electron chi connectivity index (χ4n) is 3.33. The zero-order valence-electron chi connectivity index (χ0n) is 15.9. The lowest BCUT2D eigenvalue weighted by molar-refractivity contribution is -0.127. The molecule has 1 aliphatic heterocycles. The normalized spacial score (nSPS) is 18.1. The maximum Gasteiger partial charge on any atom is 0.268 e. The first kappa shape index (κ1) is 19.2. The van der Waals surface area contributed by atoms with Gasteiger partial charge in [-0.1, -0.05) is 54.0 Å². The Balaban J connectivity index is 1.39. The summed E-state index contributed by atoms with van der Waals surface area (Å²) in [6.07, 6.45) is 3.68. The van der Waals surface area contributed by atoms with Crippen molar-refractivity contribution in [3.63, 3.8) is 0 Å². The molecule has 146 valence electrons. The van der Waals surface area contributed by atoms with E-state index in [-0.39, 0.29) is 11.8 Å². The third kappa shape index (κ3) is 4.30. The summed E-state index contributed by atoms with van der Waals surface area (Å²) in [6.45, 7) is 1.91. The van der Waals surface area contributed by atoms with Gasteiger partial charge in [-0.2, -0.15) is 0 Å². The number of anilines is 1. The van der Waals surface area contributed by atoms with Gasteiger partial charge in [-0.3, -0.25) is 9.78 Å². The van der Waals surface area contributed by atoms with Crippen LogP contribution >= 0.6 is 11.6 Å². The van der Waals surface area contributed by atoms with Crippen LogP contribution in [-0.4, -0.2) is 22.7 Å². The summed E-state index contributed by atoms with van der Waals surface area (Å²) in [7, 11) is 0. The van der Waals surface area contributed by atoms with Crippen LogP contribution in [0, 0.1) is 5.92 Å². The minimum Gasteiger partial charge on any atom is -0.381 e. The minimum absolute atomic E-state index is 0.208. The highest BCUT2D eigenvalue weighted by molar-refractivity contribution is 6.34. The number of hydrogen-bond acceptors (Lipinski definition) is 4. The molecule has 0 saturated carbocycles. The van der Waals surface area contributed by atoms with Crippen molar-refractivity contribution in [2.24, 2.45) is 11.1 Å². The number of carbonyl (C=O) groups excluding carboxylic acids is 1. The smallest absolute Gasteiger partial charge is 0.268 e. The fraction of sp³-hybridized carbons (Fsp3) is 0.174. The van der Waals surface area contributed by atoms with Crippen LogP contribution in [0.3, 0.4) is 0 Å². The molecule has 1 aliphatic rings. The number of nitrogens with one attached hydrogen (secondary N) is 1. The number of carbonyl (C=O) groups is 1. The summed E-state index contributed by atoms with van der Waals surface area (Å²) in [5.74, 6) is -0.439. The Kier molecular flexibility index (Phi) is 5.58. The van der Waals surface area contributed by atoms with E-state index in [2.05, 4.69) is 15.5 Å². The molecule has 0 unspecified atom stereocenters. The van der Waals surface area contributed by atoms with Crippen molar-refractivity contribution in [3.05, 3.63) is 94.8 Å². The molecule has 1 aromatic heterocycles. The molecule has 0 aliphatic carbocycles. The average molecular weight is 406 g/mol. The molecule has 2 heterocycles. The molecule has 0 radical (unpaired) electrons. The topological polar surface area (TPSA) is 63.6 Å². The van der Waals surface area contributed by atoms with Crippen LogP contribution in [0.15, 0.2) is 78.2 Å². The Morgan fingerprint density at radius 2 is 1.72 bits per heavy atom. The van der Waals surface area contributed by atoms with Crippen LogP contribution in [0.4, 0.5) is 5.69 Å². The zero-order chi connectivity index (χ0) is 20.2. The Morgan fingerprint density at radius 3 is 2.45 bits per heavy atom. The highest BCUT2D eigenvalue weighted by Gasteiger charge is 2.37. The third-order valence-corrected chi connectivity index (χ3v) is 5.27. The molecule has 1 amide bonds. The predicted molar refractivity (Wildman–Crippen MR) is 114 cm³/mol. The molecular formula is C23H20ClN3O2. The van der Waals surface area contributed by atoms with Crippen molar-refractivity contribution in [2.75, 3.05) is 5.32 Å². The quantitative estimate of drug-likeness (QED) is 0.669. The van der Waals surface area contributed by atoms with E-state index in [9.17, 15) is 4.79 Å². The van der Waals surface area contributed by atoms with Gasteiger partial charge < -0.3 is 10.2 Å². The Morgan fingerprint density at radius 1 is 1.03 bits per heavy atom. The summed E-state index contributed by atoms with van der Waals surface area (Å²) >= 11 is 6.26. The number of hydrogen-bond donors (Lipinski definition) is 1. The second-order valence-electron chi connectivity index (χ2n) is 6.99. The van der Waals surface area contributed by atoms with Crippen molar-refractivity contribution in [3.8, 4) is 0 Å². The SMILES string of the molecule is C[C@@H]1C(c2ccccc2Cl)=NO[C@H]1C(=O)Nc1ccc(Cc2ccncc2)cc1. The Hall–Kier alpha value is -3.18. The fourth-order valence-corrected chi connectivity index (χ4v) is 3.56. The second-order valence-corrected chi connectivity index (χ2v) is 7.40. The number of amides is 1. The van der Waals surface area contributed by atoms with Crippen LogP contribution in [0.5, 0.6) is 0 Å². The van der Waals surface area contributed by atoms with Gasteiger partial charge >= 0.3 is 0 Å². The number of aromatic nitrogens is 1. The maximum atomic E-state index is 12.7. The number of halogens is 1. The van der Waals surface area contributed by atoms with E-state index in [1.165, 1.54) is 5.56 Å². The van der Waals surface area contributed by atoms with Crippen molar-refractivity contribution in [1.82, 2.24) is 4.98 Å². The molecule has 1 N–H and O–H groups in total. The van der Waals surface area contributed by atoms with E-state index < -0.39 is 6.10 Å². The highest BCUT2D eigenvalue weighted by atomic mass is 35.5. The largest absolute Gasteiger partial charge is 0.381 e. The van der Waals surface area contributed by atoms with Crippen LogP contribution in [0.2, 0.25) is 5.02 Å². The van der Waals surface area contributed by atoms with E-state index in [1.807, 2.05) is 61.5 Å². The first-order valence-electron chi connectivity index (χ1n) is 9.39. The van der Waals surface area contributed by atoms with Gasteiger partial charge in [-0.05, 0) is 47.9 Å². The molecular weight excluding hydrogens is 386 g/mol. The number of benzene rings is 2. The number of oxime groups is 1. The monoisotopic (exact) mass is 405 g/mol. The first-order valence-corrected chi connectivity index (χ1v) is 9.77.